The predicted molar refractivity (Wildman–Crippen MR) is 121 cm³/mol. The Labute approximate surface area is 168 Å². The quantitative estimate of drug-likeness (QED) is 0.168. The van der Waals surface area contributed by atoms with E-state index in [0.29, 0.717) is 0 Å². The molecule has 0 saturated carbocycles. The third kappa shape index (κ3) is 20.3. The first kappa shape index (κ1) is 26.0. The highest BCUT2D eigenvalue weighted by atomic mass is 14.1. The molecule has 0 amide bonds. The lowest BCUT2D eigenvalue weighted by Gasteiger charge is -2.14. The SMILES string of the molecule is [CH2]CCCCCCCCCCCCCCCCCC(CC)CCCC[CH2]. The van der Waals surface area contributed by atoms with Crippen LogP contribution in [0.15, 0.2) is 0 Å². The molecule has 0 heterocycles. The summed E-state index contributed by atoms with van der Waals surface area (Å²) < 4.78 is 0. The Hall–Kier alpha value is 0. The second kappa shape index (κ2) is 23.0. The lowest BCUT2D eigenvalue weighted by Crippen LogP contribution is -1.99. The van der Waals surface area contributed by atoms with Crippen LogP contribution in [-0.2, 0) is 0 Å². The number of unbranched alkanes of at least 4 members (excludes halogenated alkanes) is 17. The Morgan fingerprint density at radius 3 is 1.04 bits per heavy atom. The number of hydrogen-bond acceptors (Lipinski definition) is 0. The van der Waals surface area contributed by atoms with Gasteiger partial charge in [-0.2, -0.15) is 0 Å². The van der Waals surface area contributed by atoms with Gasteiger partial charge >= 0.3 is 0 Å². The van der Waals surface area contributed by atoms with Gasteiger partial charge in [0.1, 0.15) is 0 Å². The minimum atomic E-state index is 0.991. The highest BCUT2D eigenvalue weighted by Crippen LogP contribution is 2.21. The van der Waals surface area contributed by atoms with Crippen LogP contribution in [0.1, 0.15) is 148 Å². The first-order valence-corrected chi connectivity index (χ1v) is 12.4. The standard InChI is InChI=1S/C26H52/c1-4-7-9-10-11-12-13-14-15-16-17-18-19-20-21-23-25-26(6-3)24-22-8-5-2/h26H,1-2,4-25H2,3H3. The summed E-state index contributed by atoms with van der Waals surface area (Å²) in [7, 11) is 0. The molecule has 26 heavy (non-hydrogen) atoms. The van der Waals surface area contributed by atoms with Crippen LogP contribution in [0.4, 0.5) is 0 Å². The predicted octanol–water partition coefficient (Wildman–Crippen LogP) is 9.87. The van der Waals surface area contributed by atoms with Crippen LogP contribution in [0.2, 0.25) is 0 Å². The summed E-state index contributed by atoms with van der Waals surface area (Å²) in [5.41, 5.74) is 0. The van der Waals surface area contributed by atoms with Gasteiger partial charge in [-0.15, -0.1) is 0 Å². The Morgan fingerprint density at radius 2 is 0.692 bits per heavy atom. The summed E-state index contributed by atoms with van der Waals surface area (Å²) in [5.74, 6) is 0.991. The van der Waals surface area contributed by atoms with Crippen molar-refractivity contribution in [2.24, 2.45) is 5.92 Å². The van der Waals surface area contributed by atoms with Gasteiger partial charge in [-0.3, -0.25) is 0 Å². The first-order chi connectivity index (χ1) is 12.8. The van der Waals surface area contributed by atoms with Gasteiger partial charge in [0, 0.05) is 0 Å². The Morgan fingerprint density at radius 1 is 0.423 bits per heavy atom. The molecule has 1 atom stereocenters. The third-order valence-corrected chi connectivity index (χ3v) is 6.05. The van der Waals surface area contributed by atoms with Gasteiger partial charge in [0.25, 0.3) is 0 Å². The van der Waals surface area contributed by atoms with Crippen LogP contribution in [-0.4, -0.2) is 0 Å². The molecule has 0 aliphatic rings. The monoisotopic (exact) mass is 364 g/mol. The van der Waals surface area contributed by atoms with Gasteiger partial charge in [-0.05, 0) is 5.92 Å². The van der Waals surface area contributed by atoms with E-state index in [2.05, 4.69) is 20.8 Å². The van der Waals surface area contributed by atoms with Crippen molar-refractivity contribution >= 4 is 0 Å². The van der Waals surface area contributed by atoms with Crippen LogP contribution >= 0.6 is 0 Å². The molecule has 0 N–H and O–H groups in total. The lowest BCUT2D eigenvalue weighted by atomic mass is 9.92. The van der Waals surface area contributed by atoms with Crippen molar-refractivity contribution in [3.63, 3.8) is 0 Å². The van der Waals surface area contributed by atoms with E-state index in [1.54, 1.807) is 0 Å². The Balaban J connectivity index is 3.14. The lowest BCUT2D eigenvalue weighted by molar-refractivity contribution is 0.397. The minimum Gasteiger partial charge on any atom is -0.0651 e. The smallest absolute Gasteiger partial charge is 0.0417 e. The molecular formula is C26H52. The average Bonchev–Trinajstić information content (AvgIpc) is 2.66. The van der Waals surface area contributed by atoms with E-state index >= 15 is 0 Å². The molecule has 0 aromatic rings. The van der Waals surface area contributed by atoms with Gasteiger partial charge in [-0.1, -0.05) is 162 Å². The molecule has 0 aliphatic heterocycles. The molecule has 0 fully saturated rings. The molecule has 0 bridgehead atoms. The van der Waals surface area contributed by atoms with Crippen molar-refractivity contribution in [1.29, 1.82) is 0 Å². The van der Waals surface area contributed by atoms with Crippen molar-refractivity contribution in [1.82, 2.24) is 0 Å². The van der Waals surface area contributed by atoms with E-state index in [1.165, 1.54) is 128 Å². The fourth-order valence-corrected chi connectivity index (χ4v) is 4.07. The normalized spacial score (nSPS) is 12.6. The fourth-order valence-electron chi connectivity index (χ4n) is 4.07. The van der Waals surface area contributed by atoms with Gasteiger partial charge in [-0.25, -0.2) is 0 Å². The largest absolute Gasteiger partial charge is 0.0651 e. The second-order valence-corrected chi connectivity index (χ2v) is 8.57. The van der Waals surface area contributed by atoms with Crippen molar-refractivity contribution in [2.75, 3.05) is 0 Å². The molecule has 1 unspecified atom stereocenters. The van der Waals surface area contributed by atoms with E-state index in [0.717, 1.165) is 18.8 Å². The fraction of sp³-hybridized carbons (Fsp3) is 0.923. The van der Waals surface area contributed by atoms with Crippen molar-refractivity contribution in [2.45, 2.75) is 148 Å². The van der Waals surface area contributed by atoms with E-state index in [9.17, 15) is 0 Å². The van der Waals surface area contributed by atoms with Gasteiger partial charge in [0.15, 0.2) is 0 Å². The molecule has 156 valence electrons. The molecule has 0 aromatic heterocycles. The number of rotatable bonds is 22. The molecule has 0 nitrogen and oxygen atoms in total. The van der Waals surface area contributed by atoms with Crippen molar-refractivity contribution in [3.05, 3.63) is 13.8 Å². The summed E-state index contributed by atoms with van der Waals surface area (Å²) in [4.78, 5) is 0. The van der Waals surface area contributed by atoms with E-state index in [1.807, 2.05) is 0 Å². The summed E-state index contributed by atoms with van der Waals surface area (Å²) >= 11 is 0. The average molecular weight is 365 g/mol. The summed E-state index contributed by atoms with van der Waals surface area (Å²) in [6, 6.07) is 0. The van der Waals surface area contributed by atoms with Gasteiger partial charge in [0.2, 0.25) is 0 Å². The van der Waals surface area contributed by atoms with Gasteiger partial charge < -0.3 is 0 Å². The molecule has 0 aliphatic carbocycles. The molecule has 0 aromatic carbocycles. The maximum atomic E-state index is 3.95. The second-order valence-electron chi connectivity index (χ2n) is 8.57. The van der Waals surface area contributed by atoms with Crippen LogP contribution in [0.5, 0.6) is 0 Å². The molecule has 2 radical (unpaired) electrons. The highest BCUT2D eigenvalue weighted by Gasteiger charge is 2.05. The summed E-state index contributed by atoms with van der Waals surface area (Å²) in [5, 5.41) is 0. The van der Waals surface area contributed by atoms with Crippen molar-refractivity contribution in [3.8, 4) is 0 Å². The topological polar surface area (TPSA) is 0 Å². The highest BCUT2D eigenvalue weighted by molar-refractivity contribution is 4.59. The van der Waals surface area contributed by atoms with Crippen molar-refractivity contribution < 1.29 is 0 Å². The summed E-state index contributed by atoms with van der Waals surface area (Å²) in [6.07, 6.45) is 31.1. The van der Waals surface area contributed by atoms with E-state index in [4.69, 9.17) is 0 Å². The maximum Gasteiger partial charge on any atom is -0.0417 e. The van der Waals surface area contributed by atoms with Gasteiger partial charge in [0.05, 0.1) is 0 Å². The molecule has 0 spiro atoms. The zero-order valence-electron chi connectivity index (χ0n) is 18.5. The minimum absolute atomic E-state index is 0.991. The Kier molecular flexibility index (Phi) is 23.0. The molecule has 0 heteroatoms. The van der Waals surface area contributed by atoms with Crippen LogP contribution in [0, 0.1) is 19.8 Å². The third-order valence-electron chi connectivity index (χ3n) is 6.05. The first-order valence-electron chi connectivity index (χ1n) is 12.4. The molecule has 0 saturated heterocycles. The van der Waals surface area contributed by atoms with Crippen LogP contribution in [0.3, 0.4) is 0 Å². The van der Waals surface area contributed by atoms with E-state index in [-0.39, 0.29) is 0 Å². The summed E-state index contributed by atoms with van der Waals surface area (Å²) in [6.45, 7) is 10.2. The number of hydrogen-bond donors (Lipinski definition) is 0. The zero-order chi connectivity index (χ0) is 19.1. The zero-order valence-corrected chi connectivity index (χ0v) is 18.5. The maximum absolute atomic E-state index is 3.95. The molecule has 0 rings (SSSR count). The van der Waals surface area contributed by atoms with Crippen LogP contribution in [0.25, 0.3) is 0 Å². The molecular weight excluding hydrogens is 312 g/mol. The van der Waals surface area contributed by atoms with E-state index < -0.39 is 0 Å². The Bertz CT molecular complexity index is 232. The van der Waals surface area contributed by atoms with Crippen LogP contribution < -0.4 is 0 Å².